The predicted octanol–water partition coefficient (Wildman–Crippen LogP) is -6.92. The van der Waals surface area contributed by atoms with Gasteiger partial charge in [0.05, 0.1) is 0 Å². The smallest absolute Gasteiger partial charge is 3.00 e. The van der Waals surface area contributed by atoms with Gasteiger partial charge in [-0.05, 0) is 0 Å². The first-order valence-electron chi connectivity index (χ1n) is 0.378. The standard InChI is InChI=1S/6ClH.Cr.Rh/h6*1H;;/q;;;;;;2*+3/p-6. The zero-order chi connectivity index (χ0) is 3.58. The normalized spacial score (nSPS) is 5.62. The fourth-order valence-corrected chi connectivity index (χ4v) is 0. The van der Waals surface area contributed by atoms with Crippen LogP contribution < -0.4 is 37.2 Å². The Kier molecular flexibility index (Phi) is 86.4. The van der Waals surface area contributed by atoms with Crippen LogP contribution in [0.2, 0.25) is 0 Å². The molecule has 0 aliphatic heterocycles. The van der Waals surface area contributed by atoms with Crippen LogP contribution in [0.15, 0.2) is 0 Å². The van der Waals surface area contributed by atoms with Gasteiger partial charge in [0.2, 0.25) is 0 Å². The summed E-state index contributed by atoms with van der Waals surface area (Å²) in [5.74, 6) is 0. The second-order valence-corrected chi connectivity index (χ2v) is 7.61. The maximum Gasteiger partial charge on any atom is 3.00 e. The molecule has 0 aromatic rings. The van der Waals surface area contributed by atoms with Gasteiger partial charge < -0.3 is 37.2 Å². The molecule has 0 aliphatic rings. The first-order valence-corrected chi connectivity index (χ1v) is 6.71. The van der Waals surface area contributed by atoms with Gasteiger partial charge in [0.15, 0.2) is 0 Å². The number of halogens is 6. The quantitative estimate of drug-likeness (QED) is 0.374. The molecule has 0 fully saturated rings. The summed E-state index contributed by atoms with van der Waals surface area (Å²) in [5, 5.41) is 0. The summed E-state index contributed by atoms with van der Waals surface area (Å²) >= 11 is -1.66. The van der Waals surface area contributed by atoms with Crippen molar-refractivity contribution in [1.82, 2.24) is 0 Å². The molecule has 0 bridgehead atoms. The molecule has 1 radical (unpaired) electrons. The molecule has 0 amide bonds. The molecule has 0 atom stereocenters. The van der Waals surface area contributed by atoms with Gasteiger partial charge in [-0.25, -0.2) is 0 Å². The summed E-state index contributed by atoms with van der Waals surface area (Å²) in [6.45, 7) is 0. The minimum atomic E-state index is -1.66. The molecule has 0 N–H and O–H groups in total. The van der Waals surface area contributed by atoms with Crippen LogP contribution in [0.4, 0.5) is 0 Å². The van der Waals surface area contributed by atoms with E-state index in [9.17, 15) is 0 Å². The summed E-state index contributed by atoms with van der Waals surface area (Å²) < 4.78 is 0. The monoisotopic (exact) mass is 365 g/mol. The molecule has 57 valence electrons. The van der Waals surface area contributed by atoms with Crippen molar-refractivity contribution in [2.45, 2.75) is 0 Å². The molecule has 0 saturated heterocycles. The number of rotatable bonds is 0. The van der Waals surface area contributed by atoms with Crippen molar-refractivity contribution >= 4 is 29.1 Å². The van der Waals surface area contributed by atoms with Crippen molar-refractivity contribution in [3.8, 4) is 0 Å². The van der Waals surface area contributed by atoms with E-state index < -0.39 is 13.0 Å². The molecule has 0 aromatic heterocycles. The molecule has 0 heterocycles. The number of hydrogen-bond donors (Lipinski definition) is 0. The van der Waals surface area contributed by atoms with Crippen molar-refractivity contribution in [2.75, 3.05) is 0 Å². The second kappa shape index (κ2) is 22.5. The van der Waals surface area contributed by atoms with E-state index in [-0.39, 0.29) is 54.6 Å². The van der Waals surface area contributed by atoms with Crippen molar-refractivity contribution < 1.29 is 67.6 Å². The number of hydrogen-bond acceptors (Lipinski definition) is 0. The van der Waals surface area contributed by atoms with E-state index in [1.54, 1.807) is 0 Å². The summed E-state index contributed by atoms with van der Waals surface area (Å²) in [7, 11) is 14.8. The molecule has 0 aromatic carbocycles. The molecule has 0 saturated carbocycles. The van der Waals surface area contributed by atoms with Gasteiger partial charge in [-0.1, -0.05) is 0 Å². The molecule has 8 heavy (non-hydrogen) atoms. The Morgan fingerprint density at radius 1 is 0.750 bits per heavy atom. The molecular weight excluding hydrogens is 368 g/mol. The molecule has 0 spiro atoms. The molecule has 0 aliphatic carbocycles. The summed E-state index contributed by atoms with van der Waals surface area (Å²) in [5.41, 5.74) is 0. The van der Waals surface area contributed by atoms with Gasteiger partial charge in [0.1, 0.15) is 0 Å². The molecule has 0 unspecified atom stereocenters. The average molecular weight is 368 g/mol. The Hall–Kier alpha value is 2.90. The van der Waals surface area contributed by atoms with E-state index >= 15 is 0 Å². The van der Waals surface area contributed by atoms with E-state index in [1.165, 1.54) is 0 Å². The van der Waals surface area contributed by atoms with E-state index in [0.29, 0.717) is 0 Å². The minimum absolute atomic E-state index is 0. The summed E-state index contributed by atoms with van der Waals surface area (Å²) in [4.78, 5) is 0. The van der Waals surface area contributed by atoms with Crippen LogP contribution in [-0.2, 0) is 30.3 Å². The molecule has 8 heteroatoms. The van der Waals surface area contributed by atoms with Gasteiger partial charge in [-0.15, -0.1) is 0 Å². The third-order valence-electron chi connectivity index (χ3n) is 0. The fourth-order valence-electron chi connectivity index (χ4n) is 0. The Labute approximate surface area is 95.4 Å². The van der Waals surface area contributed by atoms with Crippen LogP contribution in [0.1, 0.15) is 0 Å². The minimum Gasteiger partial charge on any atom is 3.00 e. The fraction of sp³-hybridized carbons (Fsp3) is 0. The van der Waals surface area contributed by atoms with Crippen molar-refractivity contribution in [1.29, 1.82) is 0 Å². The van der Waals surface area contributed by atoms with Crippen molar-refractivity contribution in [2.24, 2.45) is 0 Å². The molecule has 0 rings (SSSR count). The zero-order valence-electron chi connectivity index (χ0n) is 3.01. The summed E-state index contributed by atoms with van der Waals surface area (Å²) in [6, 6.07) is 0. The average Bonchev–Trinajstić information content (AvgIpc) is 0.811. The largest absolute Gasteiger partial charge is 3.00 e. The molecule has 0 nitrogen and oxygen atoms in total. The van der Waals surface area contributed by atoms with E-state index in [0.717, 1.165) is 0 Å². The van der Waals surface area contributed by atoms with Gasteiger partial charge in [-0.3, -0.25) is 0 Å². The van der Waals surface area contributed by atoms with E-state index in [4.69, 9.17) is 29.1 Å². The Bertz CT molecular complexity index is 13.2. The van der Waals surface area contributed by atoms with Crippen LogP contribution in [-0.4, -0.2) is 0 Å². The first kappa shape index (κ1) is 30.7. The van der Waals surface area contributed by atoms with Crippen LogP contribution in [0.3, 0.4) is 0 Å². The van der Waals surface area contributed by atoms with Crippen LogP contribution in [0.5, 0.6) is 0 Å². The zero-order valence-corrected chi connectivity index (χ0v) is 10.5. The third kappa shape index (κ3) is 66.1. The topological polar surface area (TPSA) is 0 Å². The van der Waals surface area contributed by atoms with Crippen LogP contribution in [0, 0.1) is 0 Å². The van der Waals surface area contributed by atoms with E-state index in [2.05, 4.69) is 0 Å². The van der Waals surface area contributed by atoms with E-state index in [1.807, 2.05) is 0 Å². The molecular formula is Cl6CrRh. The summed E-state index contributed by atoms with van der Waals surface area (Å²) in [6.07, 6.45) is 0. The second-order valence-electron chi connectivity index (χ2n) is 0.143. The van der Waals surface area contributed by atoms with Crippen molar-refractivity contribution in [3.05, 3.63) is 0 Å². The van der Waals surface area contributed by atoms with Gasteiger partial charge in [-0.2, -0.15) is 0 Å². The van der Waals surface area contributed by atoms with Crippen LogP contribution >= 0.6 is 29.1 Å². The van der Waals surface area contributed by atoms with Gasteiger partial charge >= 0.3 is 59.4 Å². The predicted molar refractivity (Wildman–Crippen MR) is 17.6 cm³/mol. The third-order valence-corrected chi connectivity index (χ3v) is 0. The Balaban J connectivity index is -0.00000000750. The Morgan fingerprint density at radius 3 is 0.750 bits per heavy atom. The Morgan fingerprint density at radius 2 is 0.750 bits per heavy atom. The van der Waals surface area contributed by atoms with Crippen molar-refractivity contribution in [3.63, 3.8) is 0 Å². The van der Waals surface area contributed by atoms with Gasteiger partial charge in [0.25, 0.3) is 0 Å². The maximum atomic E-state index is 4.94. The van der Waals surface area contributed by atoms with Crippen LogP contribution in [0.25, 0.3) is 0 Å². The maximum absolute atomic E-state index is 4.94. The SMILES string of the molecule is [Cl-].[Cl-].[Cl-].[Cl][Rh]([Cl])[Cl].[Cr+3]. The first-order chi connectivity index (χ1) is 1.73. The van der Waals surface area contributed by atoms with Gasteiger partial charge in [0, 0.05) is 0 Å².